The van der Waals surface area contributed by atoms with Crippen LogP contribution in [0.3, 0.4) is 0 Å². The largest absolute Gasteiger partial charge is 0.474 e. The van der Waals surface area contributed by atoms with Crippen LogP contribution in [0.25, 0.3) is 11.4 Å². The lowest BCUT2D eigenvalue weighted by Crippen LogP contribution is -2.30. The Hall–Kier alpha value is -2.61. The smallest absolute Gasteiger partial charge is 0.192 e. The average Bonchev–Trinajstić information content (AvgIpc) is 2.95. The number of hydrogen-bond donors (Lipinski definition) is 0. The molecule has 0 aliphatic carbocycles. The second kappa shape index (κ2) is 6.84. The molecule has 0 bridgehead atoms. The van der Waals surface area contributed by atoms with Crippen molar-refractivity contribution in [3.63, 3.8) is 0 Å². The van der Waals surface area contributed by atoms with E-state index in [4.69, 9.17) is 16.3 Å². The molecule has 0 saturated carbocycles. The molecular weight excluding hydrogens is 381 g/mol. The molecule has 3 aromatic rings. The van der Waals surface area contributed by atoms with Gasteiger partial charge in [0.25, 0.3) is 0 Å². The molecule has 0 radical (unpaired) electrons. The molecular formula is C18H16ClF3N4O. The summed E-state index contributed by atoms with van der Waals surface area (Å²) in [7, 11) is 1.68. The van der Waals surface area contributed by atoms with Crippen LogP contribution < -0.4 is 4.74 Å². The minimum absolute atomic E-state index is 0.297. The van der Waals surface area contributed by atoms with Crippen molar-refractivity contribution in [1.82, 2.24) is 19.7 Å². The minimum atomic E-state index is -1.27. The summed E-state index contributed by atoms with van der Waals surface area (Å²) in [5.74, 6) is -3.27. The first-order chi connectivity index (χ1) is 12.6. The summed E-state index contributed by atoms with van der Waals surface area (Å²) in [6, 6.07) is 2.86. The van der Waals surface area contributed by atoms with Crippen LogP contribution in [0.2, 0.25) is 5.02 Å². The van der Waals surface area contributed by atoms with Gasteiger partial charge >= 0.3 is 0 Å². The number of ether oxygens (including phenoxy) is 1. The highest BCUT2D eigenvalue weighted by Gasteiger charge is 2.32. The van der Waals surface area contributed by atoms with Crippen molar-refractivity contribution in [2.75, 3.05) is 0 Å². The van der Waals surface area contributed by atoms with Crippen molar-refractivity contribution < 1.29 is 17.9 Å². The molecule has 0 fully saturated rings. The van der Waals surface area contributed by atoms with E-state index in [-0.39, 0.29) is 0 Å². The molecule has 0 N–H and O–H groups in total. The fourth-order valence-corrected chi connectivity index (χ4v) is 2.92. The van der Waals surface area contributed by atoms with Crippen LogP contribution in [0.4, 0.5) is 13.2 Å². The van der Waals surface area contributed by atoms with E-state index in [1.54, 1.807) is 31.5 Å². The molecule has 142 valence electrons. The summed E-state index contributed by atoms with van der Waals surface area (Å²) in [5, 5.41) is 8.61. The minimum Gasteiger partial charge on any atom is -0.474 e. The first kappa shape index (κ1) is 19.2. The van der Waals surface area contributed by atoms with Gasteiger partial charge in [-0.3, -0.25) is 4.98 Å². The van der Waals surface area contributed by atoms with Crippen molar-refractivity contribution >= 4 is 11.6 Å². The lowest BCUT2D eigenvalue weighted by atomic mass is 10.1. The van der Waals surface area contributed by atoms with Gasteiger partial charge < -0.3 is 9.30 Å². The Labute approximate surface area is 158 Å². The molecule has 0 aliphatic heterocycles. The van der Waals surface area contributed by atoms with Crippen molar-refractivity contribution in [2.45, 2.75) is 26.4 Å². The second-order valence-corrected chi connectivity index (χ2v) is 6.93. The maximum atomic E-state index is 14.0. The van der Waals surface area contributed by atoms with Crippen molar-refractivity contribution in [2.24, 2.45) is 7.05 Å². The molecule has 0 amide bonds. The summed E-state index contributed by atoms with van der Waals surface area (Å²) >= 11 is 6.20. The SMILES string of the molecule is Cc1cc(-c2nnc(C(C)(C)Oc3c(F)cc(F)cc3F)n2C)c(Cl)cn1. The van der Waals surface area contributed by atoms with E-state index >= 15 is 0 Å². The molecule has 9 heteroatoms. The highest BCUT2D eigenvalue weighted by molar-refractivity contribution is 6.33. The number of aromatic nitrogens is 4. The van der Waals surface area contributed by atoms with Crippen molar-refractivity contribution in [3.8, 4) is 17.1 Å². The number of rotatable bonds is 4. The zero-order chi connectivity index (χ0) is 19.9. The summed E-state index contributed by atoms with van der Waals surface area (Å²) in [6.07, 6.45) is 1.51. The first-order valence-corrected chi connectivity index (χ1v) is 8.34. The summed E-state index contributed by atoms with van der Waals surface area (Å²) in [4.78, 5) is 4.10. The van der Waals surface area contributed by atoms with Crippen LogP contribution in [0, 0.1) is 24.4 Å². The molecule has 0 aliphatic rings. The highest BCUT2D eigenvalue weighted by atomic mass is 35.5. The van der Waals surface area contributed by atoms with Crippen LogP contribution in [0.15, 0.2) is 24.4 Å². The topological polar surface area (TPSA) is 52.8 Å². The number of benzene rings is 1. The molecule has 1 aromatic carbocycles. The third-order valence-corrected chi connectivity index (χ3v) is 4.27. The van der Waals surface area contributed by atoms with Gasteiger partial charge in [0.15, 0.2) is 34.6 Å². The van der Waals surface area contributed by atoms with Gasteiger partial charge in [-0.1, -0.05) is 11.6 Å². The zero-order valence-corrected chi connectivity index (χ0v) is 15.8. The van der Waals surface area contributed by atoms with Crippen LogP contribution >= 0.6 is 11.6 Å². The van der Waals surface area contributed by atoms with Gasteiger partial charge in [-0.2, -0.15) is 0 Å². The molecule has 27 heavy (non-hydrogen) atoms. The molecule has 0 atom stereocenters. The van der Waals surface area contributed by atoms with Crippen LogP contribution in [0.5, 0.6) is 5.75 Å². The maximum Gasteiger partial charge on any atom is 0.192 e. The Kier molecular flexibility index (Phi) is 4.86. The Morgan fingerprint density at radius 3 is 2.33 bits per heavy atom. The van der Waals surface area contributed by atoms with Gasteiger partial charge in [0, 0.05) is 36.6 Å². The predicted octanol–water partition coefficient (Wildman–Crippen LogP) is 4.57. The van der Waals surface area contributed by atoms with Crippen LogP contribution in [-0.2, 0) is 12.6 Å². The lowest BCUT2D eigenvalue weighted by molar-refractivity contribution is 0.0833. The quantitative estimate of drug-likeness (QED) is 0.648. The third-order valence-electron chi connectivity index (χ3n) is 3.97. The monoisotopic (exact) mass is 396 g/mol. The summed E-state index contributed by atoms with van der Waals surface area (Å²) in [6.45, 7) is 4.95. The van der Waals surface area contributed by atoms with E-state index in [2.05, 4.69) is 15.2 Å². The number of pyridine rings is 1. The van der Waals surface area contributed by atoms with Crippen LogP contribution in [0.1, 0.15) is 25.4 Å². The number of nitrogens with zero attached hydrogens (tertiary/aromatic N) is 4. The standard InChI is InChI=1S/C18H16ClF3N4O/c1-9-5-11(12(19)8-23-9)16-24-25-17(26(16)4)18(2,3)27-15-13(21)6-10(20)7-14(15)22/h5-8H,1-4H3. The Balaban J connectivity index is 2.02. The van der Waals surface area contributed by atoms with Gasteiger partial charge in [-0.25, -0.2) is 13.2 Å². The normalized spacial score (nSPS) is 11.7. The third kappa shape index (κ3) is 3.62. The molecule has 0 saturated heterocycles. The Bertz CT molecular complexity index is 997. The van der Waals surface area contributed by atoms with E-state index < -0.39 is 28.8 Å². The number of halogens is 4. The first-order valence-electron chi connectivity index (χ1n) is 7.96. The lowest BCUT2D eigenvalue weighted by Gasteiger charge is -2.26. The van der Waals surface area contributed by atoms with Crippen molar-refractivity contribution in [3.05, 3.63) is 58.4 Å². The molecule has 5 nitrogen and oxygen atoms in total. The van der Waals surface area contributed by atoms with E-state index in [0.717, 1.165) is 5.69 Å². The fourth-order valence-electron chi connectivity index (χ4n) is 2.73. The van der Waals surface area contributed by atoms with Gasteiger partial charge in [0.1, 0.15) is 5.82 Å². The zero-order valence-electron chi connectivity index (χ0n) is 15.0. The predicted molar refractivity (Wildman–Crippen MR) is 94.0 cm³/mol. The summed E-state index contributed by atoms with van der Waals surface area (Å²) < 4.78 is 48.1. The second-order valence-electron chi connectivity index (χ2n) is 6.52. The number of aryl methyl sites for hydroxylation is 1. The van der Waals surface area contributed by atoms with Gasteiger partial charge in [-0.05, 0) is 26.8 Å². The van der Waals surface area contributed by atoms with Crippen LogP contribution in [-0.4, -0.2) is 19.7 Å². The average molecular weight is 397 g/mol. The highest BCUT2D eigenvalue weighted by Crippen LogP contribution is 2.33. The Morgan fingerprint density at radius 1 is 1.07 bits per heavy atom. The van der Waals surface area contributed by atoms with Gasteiger partial charge in [0.2, 0.25) is 0 Å². The van der Waals surface area contributed by atoms with E-state index in [1.807, 2.05) is 6.92 Å². The van der Waals surface area contributed by atoms with E-state index in [1.165, 1.54) is 6.20 Å². The fraction of sp³-hybridized carbons (Fsp3) is 0.278. The molecule has 3 rings (SSSR count). The maximum absolute atomic E-state index is 14.0. The molecule has 0 spiro atoms. The number of hydrogen-bond acceptors (Lipinski definition) is 4. The molecule has 2 heterocycles. The Morgan fingerprint density at radius 2 is 1.70 bits per heavy atom. The summed E-state index contributed by atoms with van der Waals surface area (Å²) in [5.41, 5.74) is 0.0823. The molecule has 2 aromatic heterocycles. The van der Waals surface area contributed by atoms with E-state index in [9.17, 15) is 13.2 Å². The van der Waals surface area contributed by atoms with Crippen molar-refractivity contribution in [1.29, 1.82) is 0 Å². The van der Waals surface area contributed by atoms with Gasteiger partial charge in [-0.15, -0.1) is 10.2 Å². The van der Waals surface area contributed by atoms with Gasteiger partial charge in [0.05, 0.1) is 5.02 Å². The molecule has 0 unspecified atom stereocenters. The van der Waals surface area contributed by atoms with E-state index in [0.29, 0.717) is 34.4 Å².